The van der Waals surface area contributed by atoms with Crippen LogP contribution >= 0.6 is 0 Å². The Morgan fingerprint density at radius 3 is 2.52 bits per heavy atom. The first-order valence-corrected chi connectivity index (χ1v) is 9.20. The summed E-state index contributed by atoms with van der Waals surface area (Å²) in [5.41, 5.74) is 0. The molecule has 6 heteroatoms. The van der Waals surface area contributed by atoms with Gasteiger partial charge in [0.1, 0.15) is 0 Å². The van der Waals surface area contributed by atoms with Crippen molar-refractivity contribution in [3.8, 4) is 0 Å². The van der Waals surface area contributed by atoms with Crippen LogP contribution in [-0.2, 0) is 9.59 Å². The van der Waals surface area contributed by atoms with Gasteiger partial charge in [-0.25, -0.2) is 0 Å². The first kappa shape index (κ1) is 16.7. The van der Waals surface area contributed by atoms with Crippen LogP contribution in [0, 0.1) is 5.92 Å². The zero-order valence-corrected chi connectivity index (χ0v) is 14.1. The lowest BCUT2D eigenvalue weighted by molar-refractivity contribution is -0.127. The summed E-state index contributed by atoms with van der Waals surface area (Å²) in [4.78, 5) is 28.0. The first-order chi connectivity index (χ1) is 11.2. The number of hydrogen-bond donors (Lipinski definition) is 2. The fourth-order valence-electron chi connectivity index (χ4n) is 4.12. The molecule has 2 heterocycles. The van der Waals surface area contributed by atoms with Crippen molar-refractivity contribution in [2.24, 2.45) is 5.92 Å². The molecule has 1 aliphatic carbocycles. The third-order valence-corrected chi connectivity index (χ3v) is 5.43. The van der Waals surface area contributed by atoms with Crippen molar-refractivity contribution in [1.29, 1.82) is 0 Å². The summed E-state index contributed by atoms with van der Waals surface area (Å²) in [6.07, 6.45) is 7.73. The number of rotatable bonds is 5. The number of hydrogen-bond acceptors (Lipinski definition) is 4. The van der Waals surface area contributed by atoms with Crippen LogP contribution in [0.1, 0.15) is 38.5 Å². The zero-order valence-electron chi connectivity index (χ0n) is 14.1. The highest BCUT2D eigenvalue weighted by Crippen LogP contribution is 2.26. The van der Waals surface area contributed by atoms with Gasteiger partial charge in [0.2, 0.25) is 11.8 Å². The molecule has 0 unspecified atom stereocenters. The molecule has 2 N–H and O–H groups in total. The number of likely N-dealkylation sites (tertiary alicyclic amines) is 1. The Balaban J connectivity index is 1.33. The molecule has 0 aromatic heterocycles. The van der Waals surface area contributed by atoms with Crippen molar-refractivity contribution in [3.63, 3.8) is 0 Å². The van der Waals surface area contributed by atoms with E-state index >= 15 is 0 Å². The van der Waals surface area contributed by atoms with Gasteiger partial charge in [0.25, 0.3) is 0 Å². The normalized spacial score (nSPS) is 25.5. The van der Waals surface area contributed by atoms with E-state index in [0.29, 0.717) is 25.7 Å². The van der Waals surface area contributed by atoms with Crippen LogP contribution in [0.4, 0.5) is 0 Å². The van der Waals surface area contributed by atoms with E-state index < -0.39 is 0 Å². The number of piperidine rings is 1. The number of carbonyl (C=O) groups excluding carboxylic acids is 2. The molecule has 2 amide bonds. The van der Waals surface area contributed by atoms with Crippen molar-refractivity contribution in [2.45, 2.75) is 44.6 Å². The van der Waals surface area contributed by atoms with Gasteiger partial charge in [0.15, 0.2) is 0 Å². The summed E-state index contributed by atoms with van der Waals surface area (Å²) >= 11 is 0. The summed E-state index contributed by atoms with van der Waals surface area (Å²) in [6.45, 7) is 5.55. The molecular formula is C17H30N4O2. The summed E-state index contributed by atoms with van der Waals surface area (Å²) in [7, 11) is 0. The Kier molecular flexibility index (Phi) is 5.89. The second-order valence-electron chi connectivity index (χ2n) is 7.35. The lowest BCUT2D eigenvalue weighted by Gasteiger charge is -2.34. The lowest BCUT2D eigenvalue weighted by atomic mass is 10.0. The van der Waals surface area contributed by atoms with E-state index in [0.717, 1.165) is 38.4 Å². The number of amides is 2. The quantitative estimate of drug-likeness (QED) is 0.758. The third kappa shape index (κ3) is 5.18. The molecule has 0 aromatic rings. The Morgan fingerprint density at radius 2 is 1.83 bits per heavy atom. The molecule has 2 saturated heterocycles. The molecule has 1 saturated carbocycles. The molecule has 0 spiro atoms. The fraction of sp³-hybridized carbons (Fsp3) is 0.882. The minimum Gasteiger partial charge on any atom is -0.354 e. The predicted octanol–water partition coefficient (Wildman–Crippen LogP) is 0.189. The van der Waals surface area contributed by atoms with Gasteiger partial charge in [-0.3, -0.25) is 14.5 Å². The highest BCUT2D eigenvalue weighted by Gasteiger charge is 2.25. The molecule has 0 atom stereocenters. The van der Waals surface area contributed by atoms with Gasteiger partial charge in [-0.15, -0.1) is 0 Å². The van der Waals surface area contributed by atoms with Crippen molar-refractivity contribution in [2.75, 3.05) is 45.8 Å². The zero-order chi connectivity index (χ0) is 16.1. The number of carbonyl (C=O) groups is 2. The number of nitrogens with zero attached hydrogens (tertiary/aromatic N) is 2. The fourth-order valence-corrected chi connectivity index (χ4v) is 4.12. The predicted molar refractivity (Wildman–Crippen MR) is 89.0 cm³/mol. The van der Waals surface area contributed by atoms with E-state index in [1.165, 1.54) is 32.2 Å². The second kappa shape index (κ2) is 8.11. The molecule has 3 aliphatic rings. The maximum Gasteiger partial charge on any atom is 0.234 e. The number of nitrogens with one attached hydrogen (secondary N) is 2. The highest BCUT2D eigenvalue weighted by molar-refractivity contribution is 5.81. The van der Waals surface area contributed by atoms with E-state index in [2.05, 4.69) is 15.5 Å². The molecule has 6 nitrogen and oxygen atoms in total. The maximum atomic E-state index is 12.1. The van der Waals surface area contributed by atoms with E-state index in [-0.39, 0.29) is 11.8 Å². The van der Waals surface area contributed by atoms with Crippen LogP contribution in [0.15, 0.2) is 0 Å². The number of piperazine rings is 1. The van der Waals surface area contributed by atoms with E-state index in [9.17, 15) is 9.59 Å². The smallest absolute Gasteiger partial charge is 0.234 e. The lowest BCUT2D eigenvalue weighted by Crippen LogP contribution is -2.52. The van der Waals surface area contributed by atoms with Gasteiger partial charge in [-0.05, 0) is 31.6 Å². The van der Waals surface area contributed by atoms with Gasteiger partial charge >= 0.3 is 0 Å². The van der Waals surface area contributed by atoms with Gasteiger partial charge in [-0.1, -0.05) is 12.8 Å². The average molecular weight is 322 g/mol. The van der Waals surface area contributed by atoms with Crippen LogP contribution < -0.4 is 10.6 Å². The van der Waals surface area contributed by atoms with Crippen molar-refractivity contribution >= 4 is 11.8 Å². The standard InChI is InChI=1S/C17H30N4O2/c22-16-12-21(10-7-18-16)13-17(23)19-15-5-8-20(9-6-15)11-14-3-1-2-4-14/h14-15H,1-13H2,(H,18,22)(H,19,23). The average Bonchev–Trinajstić information content (AvgIpc) is 3.02. The molecule has 3 fully saturated rings. The summed E-state index contributed by atoms with van der Waals surface area (Å²) in [6, 6.07) is 0.306. The molecule has 130 valence electrons. The molecule has 0 aromatic carbocycles. The van der Waals surface area contributed by atoms with Crippen molar-refractivity contribution < 1.29 is 9.59 Å². The van der Waals surface area contributed by atoms with Gasteiger partial charge in [-0.2, -0.15) is 0 Å². The monoisotopic (exact) mass is 322 g/mol. The maximum absolute atomic E-state index is 12.1. The SMILES string of the molecule is O=C1CN(CC(=O)NC2CCN(CC3CCCC3)CC2)CCN1. The Hall–Kier alpha value is -1.14. The highest BCUT2D eigenvalue weighted by atomic mass is 16.2. The molecular weight excluding hydrogens is 292 g/mol. The van der Waals surface area contributed by atoms with Crippen LogP contribution in [0.5, 0.6) is 0 Å². The minimum atomic E-state index is 0.0178. The van der Waals surface area contributed by atoms with E-state index in [1.54, 1.807) is 0 Å². The van der Waals surface area contributed by atoms with Crippen LogP contribution in [0.2, 0.25) is 0 Å². The molecule has 0 bridgehead atoms. The summed E-state index contributed by atoms with van der Waals surface area (Å²) in [5.74, 6) is 0.990. The molecule has 0 radical (unpaired) electrons. The summed E-state index contributed by atoms with van der Waals surface area (Å²) in [5, 5.41) is 5.94. The van der Waals surface area contributed by atoms with Crippen molar-refractivity contribution in [3.05, 3.63) is 0 Å². The van der Waals surface area contributed by atoms with E-state index in [1.807, 2.05) is 4.90 Å². The minimum absolute atomic E-state index is 0.0178. The molecule has 2 aliphatic heterocycles. The van der Waals surface area contributed by atoms with Crippen LogP contribution in [0.3, 0.4) is 0 Å². The van der Waals surface area contributed by atoms with E-state index in [4.69, 9.17) is 0 Å². The first-order valence-electron chi connectivity index (χ1n) is 9.20. The molecule has 23 heavy (non-hydrogen) atoms. The van der Waals surface area contributed by atoms with Crippen LogP contribution in [0.25, 0.3) is 0 Å². The Labute approximate surface area is 139 Å². The van der Waals surface area contributed by atoms with Gasteiger partial charge < -0.3 is 15.5 Å². The Morgan fingerprint density at radius 1 is 1.09 bits per heavy atom. The van der Waals surface area contributed by atoms with Gasteiger partial charge in [0.05, 0.1) is 13.1 Å². The third-order valence-electron chi connectivity index (χ3n) is 5.43. The van der Waals surface area contributed by atoms with Crippen molar-refractivity contribution in [1.82, 2.24) is 20.4 Å². The largest absolute Gasteiger partial charge is 0.354 e. The Bertz CT molecular complexity index is 415. The summed E-state index contributed by atoms with van der Waals surface area (Å²) < 4.78 is 0. The topological polar surface area (TPSA) is 64.7 Å². The van der Waals surface area contributed by atoms with Crippen LogP contribution in [-0.4, -0.2) is 73.5 Å². The van der Waals surface area contributed by atoms with Gasteiger partial charge in [0, 0.05) is 38.8 Å². The second-order valence-corrected chi connectivity index (χ2v) is 7.35. The molecule has 3 rings (SSSR count).